The summed E-state index contributed by atoms with van der Waals surface area (Å²) in [5.74, 6) is 0. The van der Waals surface area contributed by atoms with E-state index in [0.29, 0.717) is 0 Å². The molecule has 0 aliphatic carbocycles. The molecule has 1 aromatic heterocycles. The minimum absolute atomic E-state index is 0.211. The second-order valence-corrected chi connectivity index (χ2v) is 4.93. The molecular formula is C15H21N3. The second kappa shape index (κ2) is 5.83. The summed E-state index contributed by atoms with van der Waals surface area (Å²) in [6.07, 6.45) is 4.76. The Morgan fingerprint density at radius 1 is 1.22 bits per heavy atom. The molecule has 3 heteroatoms. The predicted molar refractivity (Wildman–Crippen MR) is 74.4 cm³/mol. The van der Waals surface area contributed by atoms with Crippen LogP contribution < -0.4 is 5.73 Å². The SMILES string of the molecule is Cc1ccc(CC(N)CCc2ccnn2C)cc1. The number of aromatic nitrogens is 2. The molecule has 2 rings (SSSR count). The molecule has 3 nitrogen and oxygen atoms in total. The number of hydrogen-bond donors (Lipinski definition) is 1. The third-order valence-electron chi connectivity index (χ3n) is 3.31. The van der Waals surface area contributed by atoms with Crippen molar-refractivity contribution < 1.29 is 0 Å². The van der Waals surface area contributed by atoms with Gasteiger partial charge in [0.2, 0.25) is 0 Å². The first-order chi connectivity index (χ1) is 8.65. The van der Waals surface area contributed by atoms with Gasteiger partial charge in [-0.25, -0.2) is 0 Å². The normalized spacial score (nSPS) is 12.6. The van der Waals surface area contributed by atoms with Gasteiger partial charge in [-0.15, -0.1) is 0 Å². The fourth-order valence-corrected chi connectivity index (χ4v) is 2.11. The first-order valence-corrected chi connectivity index (χ1v) is 6.43. The molecule has 2 aromatic rings. The lowest BCUT2D eigenvalue weighted by atomic mass is 10.0. The summed E-state index contributed by atoms with van der Waals surface area (Å²) in [6, 6.07) is 10.9. The average molecular weight is 243 g/mol. The molecule has 0 spiro atoms. The Labute approximate surface area is 109 Å². The zero-order valence-corrected chi connectivity index (χ0v) is 11.1. The standard InChI is InChI=1S/C15H21N3/c1-12-3-5-13(6-4-12)11-14(16)7-8-15-9-10-17-18(15)2/h3-6,9-10,14H,7-8,11,16H2,1-2H3. The van der Waals surface area contributed by atoms with Crippen LogP contribution >= 0.6 is 0 Å². The summed E-state index contributed by atoms with van der Waals surface area (Å²) >= 11 is 0. The molecule has 1 unspecified atom stereocenters. The maximum absolute atomic E-state index is 6.18. The van der Waals surface area contributed by atoms with Crippen LogP contribution in [0.3, 0.4) is 0 Å². The van der Waals surface area contributed by atoms with Gasteiger partial charge in [-0.2, -0.15) is 5.10 Å². The lowest BCUT2D eigenvalue weighted by Gasteiger charge is -2.12. The van der Waals surface area contributed by atoms with Crippen molar-refractivity contribution in [1.29, 1.82) is 0 Å². The Morgan fingerprint density at radius 3 is 2.56 bits per heavy atom. The van der Waals surface area contributed by atoms with Crippen LogP contribution in [0.25, 0.3) is 0 Å². The van der Waals surface area contributed by atoms with E-state index < -0.39 is 0 Å². The quantitative estimate of drug-likeness (QED) is 0.875. The third-order valence-corrected chi connectivity index (χ3v) is 3.31. The second-order valence-electron chi connectivity index (χ2n) is 4.93. The number of nitrogens with zero attached hydrogens (tertiary/aromatic N) is 2. The minimum atomic E-state index is 0.211. The van der Waals surface area contributed by atoms with E-state index in [4.69, 9.17) is 5.73 Å². The fourth-order valence-electron chi connectivity index (χ4n) is 2.11. The molecule has 1 heterocycles. The highest BCUT2D eigenvalue weighted by molar-refractivity contribution is 5.22. The average Bonchev–Trinajstić information content (AvgIpc) is 2.75. The molecule has 1 aromatic carbocycles. The van der Waals surface area contributed by atoms with E-state index in [-0.39, 0.29) is 6.04 Å². The maximum Gasteiger partial charge on any atom is 0.0492 e. The van der Waals surface area contributed by atoms with Gasteiger partial charge in [0.1, 0.15) is 0 Å². The Hall–Kier alpha value is -1.61. The zero-order valence-electron chi connectivity index (χ0n) is 11.1. The highest BCUT2D eigenvalue weighted by atomic mass is 15.2. The van der Waals surface area contributed by atoms with Crippen LogP contribution in [0.15, 0.2) is 36.5 Å². The molecule has 0 fully saturated rings. The molecule has 0 radical (unpaired) electrons. The van der Waals surface area contributed by atoms with E-state index in [9.17, 15) is 0 Å². The number of aryl methyl sites for hydroxylation is 3. The van der Waals surface area contributed by atoms with Gasteiger partial charge in [-0.1, -0.05) is 29.8 Å². The van der Waals surface area contributed by atoms with Gasteiger partial charge >= 0.3 is 0 Å². The van der Waals surface area contributed by atoms with Crippen LogP contribution in [0.1, 0.15) is 23.2 Å². The highest BCUT2D eigenvalue weighted by Crippen LogP contribution is 2.09. The summed E-state index contributed by atoms with van der Waals surface area (Å²) < 4.78 is 1.92. The van der Waals surface area contributed by atoms with E-state index in [2.05, 4.69) is 42.4 Å². The Balaban J connectivity index is 1.83. The van der Waals surface area contributed by atoms with Crippen molar-refractivity contribution >= 4 is 0 Å². The summed E-state index contributed by atoms with van der Waals surface area (Å²) in [6.45, 7) is 2.10. The van der Waals surface area contributed by atoms with Crippen molar-refractivity contribution in [2.24, 2.45) is 12.8 Å². The minimum Gasteiger partial charge on any atom is -0.327 e. The van der Waals surface area contributed by atoms with Crippen LogP contribution in [-0.2, 0) is 19.9 Å². The molecule has 1 atom stereocenters. The van der Waals surface area contributed by atoms with Crippen LogP contribution in [0, 0.1) is 6.92 Å². The van der Waals surface area contributed by atoms with Gasteiger partial charge in [-0.05, 0) is 37.8 Å². The van der Waals surface area contributed by atoms with E-state index in [1.165, 1.54) is 16.8 Å². The Bertz CT molecular complexity index is 485. The highest BCUT2D eigenvalue weighted by Gasteiger charge is 2.06. The summed E-state index contributed by atoms with van der Waals surface area (Å²) in [7, 11) is 1.97. The Morgan fingerprint density at radius 2 is 1.94 bits per heavy atom. The van der Waals surface area contributed by atoms with E-state index in [1.54, 1.807) is 0 Å². The van der Waals surface area contributed by atoms with Crippen molar-refractivity contribution in [3.05, 3.63) is 53.3 Å². The molecule has 0 amide bonds. The van der Waals surface area contributed by atoms with Crippen molar-refractivity contribution in [2.45, 2.75) is 32.2 Å². The largest absolute Gasteiger partial charge is 0.327 e. The number of hydrogen-bond acceptors (Lipinski definition) is 2. The van der Waals surface area contributed by atoms with Crippen molar-refractivity contribution in [3.8, 4) is 0 Å². The van der Waals surface area contributed by atoms with Gasteiger partial charge in [0.15, 0.2) is 0 Å². The lowest BCUT2D eigenvalue weighted by Crippen LogP contribution is -2.23. The molecule has 96 valence electrons. The van der Waals surface area contributed by atoms with Crippen LogP contribution in [-0.4, -0.2) is 15.8 Å². The van der Waals surface area contributed by atoms with Crippen molar-refractivity contribution in [3.63, 3.8) is 0 Å². The molecule has 0 bridgehead atoms. The molecule has 0 saturated carbocycles. The van der Waals surface area contributed by atoms with Crippen LogP contribution in [0.4, 0.5) is 0 Å². The fraction of sp³-hybridized carbons (Fsp3) is 0.400. The Kier molecular flexibility index (Phi) is 4.15. The summed E-state index contributed by atoms with van der Waals surface area (Å²) in [4.78, 5) is 0. The lowest BCUT2D eigenvalue weighted by molar-refractivity contribution is 0.586. The molecule has 0 aliphatic rings. The molecule has 0 saturated heterocycles. The van der Waals surface area contributed by atoms with Gasteiger partial charge in [0.05, 0.1) is 0 Å². The molecular weight excluding hydrogens is 222 g/mol. The molecule has 0 aliphatic heterocycles. The van der Waals surface area contributed by atoms with Crippen molar-refractivity contribution in [2.75, 3.05) is 0 Å². The van der Waals surface area contributed by atoms with Gasteiger partial charge in [0.25, 0.3) is 0 Å². The van der Waals surface area contributed by atoms with Gasteiger partial charge in [0, 0.05) is 25.0 Å². The smallest absolute Gasteiger partial charge is 0.0492 e. The third kappa shape index (κ3) is 3.44. The van der Waals surface area contributed by atoms with Gasteiger partial charge in [-0.3, -0.25) is 4.68 Å². The number of nitrogens with two attached hydrogens (primary N) is 1. The predicted octanol–water partition coefficient (Wildman–Crippen LogP) is 2.23. The summed E-state index contributed by atoms with van der Waals surface area (Å²) in [5, 5.41) is 4.16. The first-order valence-electron chi connectivity index (χ1n) is 6.43. The van der Waals surface area contributed by atoms with E-state index in [0.717, 1.165) is 19.3 Å². The van der Waals surface area contributed by atoms with E-state index in [1.807, 2.05) is 17.9 Å². The summed E-state index contributed by atoms with van der Waals surface area (Å²) in [5.41, 5.74) is 10.0. The maximum atomic E-state index is 6.18. The van der Waals surface area contributed by atoms with Crippen molar-refractivity contribution in [1.82, 2.24) is 9.78 Å². The molecule has 2 N–H and O–H groups in total. The monoisotopic (exact) mass is 243 g/mol. The van der Waals surface area contributed by atoms with Crippen LogP contribution in [0.2, 0.25) is 0 Å². The number of benzene rings is 1. The number of rotatable bonds is 5. The zero-order chi connectivity index (χ0) is 13.0. The van der Waals surface area contributed by atoms with Crippen LogP contribution in [0.5, 0.6) is 0 Å². The molecule has 18 heavy (non-hydrogen) atoms. The first kappa shape index (κ1) is 12.8. The van der Waals surface area contributed by atoms with E-state index >= 15 is 0 Å². The topological polar surface area (TPSA) is 43.8 Å². The van der Waals surface area contributed by atoms with Gasteiger partial charge < -0.3 is 5.73 Å².